The van der Waals surface area contributed by atoms with Gasteiger partial charge >= 0.3 is 0 Å². The van der Waals surface area contributed by atoms with Gasteiger partial charge in [0.1, 0.15) is 5.82 Å². The summed E-state index contributed by atoms with van der Waals surface area (Å²) in [5.74, 6) is -0.493. The van der Waals surface area contributed by atoms with Gasteiger partial charge in [-0.25, -0.2) is 9.07 Å². The summed E-state index contributed by atoms with van der Waals surface area (Å²) in [6, 6.07) is 4.41. The molecule has 2 rings (SSSR count). The monoisotopic (exact) mass is 226 g/mol. The molecule has 0 aliphatic carbocycles. The Morgan fingerprint density at radius 3 is 2.93 bits per heavy atom. The predicted octanol–water partition coefficient (Wildman–Crippen LogP) is 1.52. The molecule has 0 aliphatic heterocycles. The van der Waals surface area contributed by atoms with Crippen LogP contribution in [-0.2, 0) is 6.54 Å². The number of nitrogens with zero attached hydrogens (tertiary/aromatic N) is 3. The van der Waals surface area contributed by atoms with Gasteiger partial charge in [0.05, 0.1) is 22.6 Å². The van der Waals surface area contributed by atoms with Crippen LogP contribution in [-0.4, -0.2) is 15.0 Å². The smallest absolute Gasteiger partial charge is 0.143 e. The second kappa shape index (κ2) is 3.96. The van der Waals surface area contributed by atoms with Crippen molar-refractivity contribution in [2.24, 2.45) is 5.73 Å². The van der Waals surface area contributed by atoms with E-state index < -0.39 is 5.82 Å². The molecule has 1 aromatic heterocycles. The first-order valence-corrected chi connectivity index (χ1v) is 4.65. The van der Waals surface area contributed by atoms with E-state index in [0.29, 0.717) is 11.4 Å². The predicted molar refractivity (Wildman–Crippen MR) is 54.2 cm³/mol. The molecule has 0 aliphatic rings. The maximum Gasteiger partial charge on any atom is 0.143 e. The third-order valence-corrected chi connectivity index (χ3v) is 2.28. The van der Waals surface area contributed by atoms with Gasteiger partial charge in [0.2, 0.25) is 0 Å². The van der Waals surface area contributed by atoms with E-state index in [1.54, 1.807) is 6.07 Å². The quantitative estimate of drug-likeness (QED) is 0.845. The number of benzene rings is 1. The van der Waals surface area contributed by atoms with Crippen molar-refractivity contribution in [1.29, 1.82) is 0 Å². The normalized spacial score (nSPS) is 10.6. The molecule has 0 spiro atoms. The minimum absolute atomic E-state index is 0.0770. The van der Waals surface area contributed by atoms with E-state index in [2.05, 4.69) is 10.3 Å². The summed E-state index contributed by atoms with van der Waals surface area (Å²) < 4.78 is 14.7. The zero-order valence-electron chi connectivity index (χ0n) is 7.69. The SMILES string of the molecule is NCc1cnnn1-c1ccc(Cl)c(F)c1. The summed E-state index contributed by atoms with van der Waals surface area (Å²) in [7, 11) is 0. The molecule has 2 aromatic rings. The molecule has 0 saturated carbocycles. The van der Waals surface area contributed by atoms with Gasteiger partial charge in [-0.2, -0.15) is 0 Å². The summed E-state index contributed by atoms with van der Waals surface area (Å²) in [5.41, 5.74) is 6.74. The van der Waals surface area contributed by atoms with Crippen molar-refractivity contribution in [2.45, 2.75) is 6.54 Å². The zero-order chi connectivity index (χ0) is 10.8. The average Bonchev–Trinajstić information content (AvgIpc) is 2.70. The summed E-state index contributed by atoms with van der Waals surface area (Å²) in [6.45, 7) is 0.289. The lowest BCUT2D eigenvalue weighted by molar-refractivity contribution is 0.624. The third kappa shape index (κ3) is 1.84. The summed E-state index contributed by atoms with van der Waals surface area (Å²) in [5, 5.41) is 7.58. The Labute approximate surface area is 90.5 Å². The van der Waals surface area contributed by atoms with E-state index in [0.717, 1.165) is 0 Å². The summed E-state index contributed by atoms with van der Waals surface area (Å²) in [4.78, 5) is 0. The van der Waals surface area contributed by atoms with Crippen LogP contribution in [0.15, 0.2) is 24.4 Å². The fraction of sp³-hybridized carbons (Fsp3) is 0.111. The van der Waals surface area contributed by atoms with Crippen molar-refractivity contribution in [1.82, 2.24) is 15.0 Å². The fourth-order valence-corrected chi connectivity index (χ4v) is 1.35. The highest BCUT2D eigenvalue weighted by molar-refractivity contribution is 6.30. The second-order valence-electron chi connectivity index (χ2n) is 2.94. The standard InChI is InChI=1S/C9H8ClFN4/c10-8-2-1-6(3-9(8)11)15-7(4-12)5-13-14-15/h1-3,5H,4,12H2. The molecule has 0 atom stereocenters. The molecule has 0 unspecified atom stereocenters. The van der Waals surface area contributed by atoms with Crippen LogP contribution in [0.1, 0.15) is 5.69 Å². The van der Waals surface area contributed by atoms with Crippen LogP contribution in [0.3, 0.4) is 0 Å². The lowest BCUT2D eigenvalue weighted by atomic mass is 10.3. The molecule has 0 fully saturated rings. The number of rotatable bonds is 2. The number of hydrogen-bond acceptors (Lipinski definition) is 3. The first-order chi connectivity index (χ1) is 7.22. The Morgan fingerprint density at radius 2 is 2.27 bits per heavy atom. The lowest BCUT2D eigenvalue weighted by Gasteiger charge is -2.04. The summed E-state index contributed by atoms with van der Waals surface area (Å²) in [6.07, 6.45) is 1.53. The van der Waals surface area contributed by atoms with E-state index in [1.807, 2.05) is 0 Å². The molecule has 15 heavy (non-hydrogen) atoms. The van der Waals surface area contributed by atoms with Crippen LogP contribution in [0, 0.1) is 5.82 Å². The van der Waals surface area contributed by atoms with Crippen molar-refractivity contribution in [3.8, 4) is 5.69 Å². The fourth-order valence-electron chi connectivity index (χ4n) is 1.23. The third-order valence-electron chi connectivity index (χ3n) is 1.98. The maximum absolute atomic E-state index is 13.2. The van der Waals surface area contributed by atoms with Crippen molar-refractivity contribution in [3.63, 3.8) is 0 Å². The van der Waals surface area contributed by atoms with Crippen LogP contribution in [0.2, 0.25) is 5.02 Å². The Balaban J connectivity index is 2.50. The van der Waals surface area contributed by atoms with Gasteiger partial charge in [-0.15, -0.1) is 5.10 Å². The largest absolute Gasteiger partial charge is 0.325 e. The first-order valence-electron chi connectivity index (χ1n) is 4.27. The van der Waals surface area contributed by atoms with Gasteiger partial charge in [-0.1, -0.05) is 16.8 Å². The molecule has 0 bridgehead atoms. The Morgan fingerprint density at radius 1 is 1.47 bits per heavy atom. The highest BCUT2D eigenvalue weighted by Gasteiger charge is 2.07. The van der Waals surface area contributed by atoms with Crippen LogP contribution < -0.4 is 5.73 Å². The molecule has 0 saturated heterocycles. The van der Waals surface area contributed by atoms with Gasteiger partial charge in [-0.3, -0.25) is 0 Å². The van der Waals surface area contributed by atoms with Crippen LogP contribution in [0.4, 0.5) is 4.39 Å². The van der Waals surface area contributed by atoms with Crippen LogP contribution in [0.25, 0.3) is 5.69 Å². The zero-order valence-corrected chi connectivity index (χ0v) is 8.45. The van der Waals surface area contributed by atoms with Gasteiger partial charge in [0, 0.05) is 12.6 Å². The van der Waals surface area contributed by atoms with Crippen LogP contribution >= 0.6 is 11.6 Å². The van der Waals surface area contributed by atoms with Gasteiger partial charge in [-0.05, 0) is 12.1 Å². The number of hydrogen-bond donors (Lipinski definition) is 1. The highest BCUT2D eigenvalue weighted by atomic mass is 35.5. The molecular formula is C9H8ClFN4. The van der Waals surface area contributed by atoms with Crippen LogP contribution in [0.5, 0.6) is 0 Å². The molecule has 1 heterocycles. The van der Waals surface area contributed by atoms with E-state index in [9.17, 15) is 4.39 Å². The molecule has 2 N–H and O–H groups in total. The van der Waals surface area contributed by atoms with Crippen molar-refractivity contribution in [2.75, 3.05) is 0 Å². The maximum atomic E-state index is 13.2. The van der Waals surface area contributed by atoms with E-state index in [4.69, 9.17) is 17.3 Å². The highest BCUT2D eigenvalue weighted by Crippen LogP contribution is 2.18. The summed E-state index contributed by atoms with van der Waals surface area (Å²) >= 11 is 5.57. The molecule has 4 nitrogen and oxygen atoms in total. The van der Waals surface area contributed by atoms with Crippen molar-refractivity contribution >= 4 is 11.6 Å². The van der Waals surface area contributed by atoms with Crippen molar-refractivity contribution < 1.29 is 4.39 Å². The minimum Gasteiger partial charge on any atom is -0.325 e. The van der Waals surface area contributed by atoms with Crippen molar-refractivity contribution in [3.05, 3.63) is 40.9 Å². The molecular weight excluding hydrogens is 219 g/mol. The Hall–Kier alpha value is -1.46. The van der Waals surface area contributed by atoms with Gasteiger partial charge in [0.15, 0.2) is 0 Å². The number of halogens is 2. The lowest BCUT2D eigenvalue weighted by Crippen LogP contribution is -2.07. The molecule has 1 aromatic carbocycles. The van der Waals surface area contributed by atoms with E-state index in [1.165, 1.54) is 23.0 Å². The molecule has 0 radical (unpaired) electrons. The van der Waals surface area contributed by atoms with Gasteiger partial charge < -0.3 is 5.73 Å². The first kappa shape index (κ1) is 10.1. The Bertz CT molecular complexity index is 483. The van der Waals surface area contributed by atoms with Gasteiger partial charge in [0.25, 0.3) is 0 Å². The average molecular weight is 227 g/mol. The minimum atomic E-state index is -0.493. The number of nitrogens with two attached hydrogens (primary N) is 1. The molecule has 0 amide bonds. The number of aromatic nitrogens is 3. The van der Waals surface area contributed by atoms with E-state index in [-0.39, 0.29) is 11.6 Å². The molecule has 6 heteroatoms. The molecule has 78 valence electrons. The second-order valence-corrected chi connectivity index (χ2v) is 3.35. The topological polar surface area (TPSA) is 56.7 Å². The van der Waals surface area contributed by atoms with E-state index >= 15 is 0 Å². The Kier molecular flexibility index (Phi) is 2.66.